The molecular weight excluding hydrogens is 336 g/mol. The maximum Gasteiger partial charge on any atom is 0.0700 e. The molecule has 0 bridgehead atoms. The molecule has 0 saturated carbocycles. The van der Waals surface area contributed by atoms with Crippen LogP contribution in [-0.4, -0.2) is 37.6 Å². The Morgan fingerprint density at radius 1 is 1.06 bits per heavy atom. The van der Waals surface area contributed by atoms with Gasteiger partial charge >= 0.3 is 0 Å². The predicted molar refractivity (Wildman–Crippen MR) is 76.8 cm³/mol. The third-order valence-corrected chi connectivity index (χ3v) is 5.00. The van der Waals surface area contributed by atoms with E-state index in [0.717, 1.165) is 23.7 Å². The standard InChI is InChI=1S/C12H24Br2O2/c1-11(2)8-12(9-13,10-14)4-5-16-7-6-15-3/h11H,4-10H2,1-3H3. The van der Waals surface area contributed by atoms with Crippen LogP contribution in [0.5, 0.6) is 0 Å². The molecular formula is C12H24Br2O2. The van der Waals surface area contributed by atoms with E-state index in [-0.39, 0.29) is 0 Å². The van der Waals surface area contributed by atoms with Crippen LogP contribution < -0.4 is 0 Å². The number of rotatable bonds is 10. The Balaban J connectivity index is 3.92. The molecule has 0 aromatic rings. The van der Waals surface area contributed by atoms with E-state index in [1.165, 1.54) is 6.42 Å². The third kappa shape index (κ3) is 7.25. The van der Waals surface area contributed by atoms with Crippen molar-refractivity contribution in [2.45, 2.75) is 26.7 Å². The van der Waals surface area contributed by atoms with Crippen molar-refractivity contribution < 1.29 is 9.47 Å². The molecule has 0 aromatic carbocycles. The molecule has 0 amide bonds. The maximum absolute atomic E-state index is 5.55. The van der Waals surface area contributed by atoms with Crippen molar-refractivity contribution in [1.82, 2.24) is 0 Å². The van der Waals surface area contributed by atoms with Crippen molar-refractivity contribution in [3.63, 3.8) is 0 Å². The molecule has 0 rings (SSSR count). The van der Waals surface area contributed by atoms with E-state index in [0.29, 0.717) is 24.5 Å². The number of alkyl halides is 2. The molecule has 0 atom stereocenters. The first-order valence-electron chi connectivity index (χ1n) is 5.79. The summed E-state index contributed by atoms with van der Waals surface area (Å²) in [6.45, 7) is 6.73. The van der Waals surface area contributed by atoms with E-state index in [1.807, 2.05) is 0 Å². The fraction of sp³-hybridized carbons (Fsp3) is 1.00. The molecule has 0 aliphatic heterocycles. The van der Waals surface area contributed by atoms with Crippen LogP contribution in [0.15, 0.2) is 0 Å². The van der Waals surface area contributed by atoms with Crippen LogP contribution >= 0.6 is 31.9 Å². The average Bonchev–Trinajstić information content (AvgIpc) is 2.26. The van der Waals surface area contributed by atoms with Crippen LogP contribution in [0, 0.1) is 11.3 Å². The van der Waals surface area contributed by atoms with Crippen molar-refractivity contribution in [3.8, 4) is 0 Å². The molecule has 0 spiro atoms. The lowest BCUT2D eigenvalue weighted by Crippen LogP contribution is -2.28. The summed E-state index contributed by atoms with van der Waals surface area (Å²) in [6, 6.07) is 0. The zero-order valence-electron chi connectivity index (χ0n) is 10.6. The van der Waals surface area contributed by atoms with Crippen LogP contribution in [-0.2, 0) is 9.47 Å². The average molecular weight is 360 g/mol. The third-order valence-electron chi connectivity index (χ3n) is 2.62. The highest BCUT2D eigenvalue weighted by Crippen LogP contribution is 2.34. The van der Waals surface area contributed by atoms with Gasteiger partial charge in [-0.3, -0.25) is 0 Å². The van der Waals surface area contributed by atoms with Gasteiger partial charge < -0.3 is 9.47 Å². The number of hydrogen-bond acceptors (Lipinski definition) is 2. The molecule has 0 aromatic heterocycles. The fourth-order valence-corrected chi connectivity index (χ4v) is 3.73. The molecule has 4 heteroatoms. The number of ether oxygens (including phenoxy) is 2. The molecule has 0 aliphatic carbocycles. The van der Waals surface area contributed by atoms with E-state index in [2.05, 4.69) is 45.7 Å². The van der Waals surface area contributed by atoms with E-state index >= 15 is 0 Å². The summed E-state index contributed by atoms with van der Waals surface area (Å²) in [4.78, 5) is 0. The van der Waals surface area contributed by atoms with Crippen LogP contribution in [0.2, 0.25) is 0 Å². The van der Waals surface area contributed by atoms with Gasteiger partial charge in [0.1, 0.15) is 0 Å². The second-order valence-electron chi connectivity index (χ2n) is 4.72. The van der Waals surface area contributed by atoms with Gasteiger partial charge in [-0.25, -0.2) is 0 Å². The summed E-state index contributed by atoms with van der Waals surface area (Å²) in [6.07, 6.45) is 2.31. The summed E-state index contributed by atoms with van der Waals surface area (Å²) < 4.78 is 10.5. The van der Waals surface area contributed by atoms with Crippen molar-refractivity contribution >= 4 is 31.9 Å². The molecule has 2 nitrogen and oxygen atoms in total. The Kier molecular flexibility index (Phi) is 10.4. The van der Waals surface area contributed by atoms with Crippen LogP contribution in [0.3, 0.4) is 0 Å². The Hall–Kier alpha value is 0.880. The minimum absolute atomic E-state index is 0.321. The van der Waals surface area contributed by atoms with Crippen molar-refractivity contribution in [2.75, 3.05) is 37.6 Å². The first kappa shape index (κ1) is 16.9. The van der Waals surface area contributed by atoms with Crippen molar-refractivity contribution in [2.24, 2.45) is 11.3 Å². The van der Waals surface area contributed by atoms with Gasteiger partial charge in [0, 0.05) is 24.4 Å². The summed E-state index contributed by atoms with van der Waals surface area (Å²) in [5.74, 6) is 0.717. The lowest BCUT2D eigenvalue weighted by atomic mass is 9.81. The summed E-state index contributed by atoms with van der Waals surface area (Å²) in [7, 11) is 1.70. The Morgan fingerprint density at radius 2 is 1.69 bits per heavy atom. The van der Waals surface area contributed by atoms with Crippen molar-refractivity contribution in [1.29, 1.82) is 0 Å². The van der Waals surface area contributed by atoms with E-state index < -0.39 is 0 Å². The quantitative estimate of drug-likeness (QED) is 0.435. The van der Waals surface area contributed by atoms with Gasteiger partial charge in [-0.1, -0.05) is 45.7 Å². The molecule has 98 valence electrons. The highest BCUT2D eigenvalue weighted by Gasteiger charge is 2.28. The Bertz CT molecular complexity index is 159. The van der Waals surface area contributed by atoms with Gasteiger partial charge in [-0.2, -0.15) is 0 Å². The summed E-state index contributed by atoms with van der Waals surface area (Å²) >= 11 is 7.27. The van der Waals surface area contributed by atoms with Crippen LogP contribution in [0.4, 0.5) is 0 Å². The maximum atomic E-state index is 5.55. The molecule has 16 heavy (non-hydrogen) atoms. The van der Waals surface area contributed by atoms with Crippen LogP contribution in [0.25, 0.3) is 0 Å². The van der Waals surface area contributed by atoms with Gasteiger partial charge in [0.15, 0.2) is 0 Å². The normalized spacial score (nSPS) is 12.4. The summed E-state index contributed by atoms with van der Waals surface area (Å²) in [5.41, 5.74) is 0.321. The number of hydrogen-bond donors (Lipinski definition) is 0. The van der Waals surface area contributed by atoms with Gasteiger partial charge in [0.25, 0.3) is 0 Å². The zero-order chi connectivity index (χ0) is 12.4. The minimum atomic E-state index is 0.321. The topological polar surface area (TPSA) is 18.5 Å². The molecule has 0 saturated heterocycles. The van der Waals surface area contributed by atoms with Gasteiger partial charge in [0.05, 0.1) is 13.2 Å². The molecule has 0 unspecified atom stereocenters. The van der Waals surface area contributed by atoms with Gasteiger partial charge in [-0.15, -0.1) is 0 Å². The predicted octanol–water partition coefficient (Wildman–Crippen LogP) is 3.86. The zero-order valence-corrected chi connectivity index (χ0v) is 13.8. The van der Waals surface area contributed by atoms with E-state index in [4.69, 9.17) is 9.47 Å². The number of methoxy groups -OCH3 is 1. The lowest BCUT2D eigenvalue weighted by Gasteiger charge is -2.31. The van der Waals surface area contributed by atoms with Crippen LogP contribution in [0.1, 0.15) is 26.7 Å². The minimum Gasteiger partial charge on any atom is -0.382 e. The molecule has 0 N–H and O–H groups in total. The first-order valence-corrected chi connectivity index (χ1v) is 8.03. The second kappa shape index (κ2) is 9.86. The highest BCUT2D eigenvalue weighted by atomic mass is 79.9. The van der Waals surface area contributed by atoms with E-state index in [1.54, 1.807) is 7.11 Å². The van der Waals surface area contributed by atoms with Gasteiger partial charge in [0.2, 0.25) is 0 Å². The second-order valence-corrected chi connectivity index (χ2v) is 5.84. The lowest BCUT2D eigenvalue weighted by molar-refractivity contribution is 0.0547. The SMILES string of the molecule is COCCOCCC(CBr)(CBr)CC(C)C. The molecule has 0 aliphatic rings. The first-order chi connectivity index (χ1) is 7.60. The monoisotopic (exact) mass is 358 g/mol. The Morgan fingerprint density at radius 3 is 2.12 bits per heavy atom. The number of halogens is 2. The summed E-state index contributed by atoms with van der Waals surface area (Å²) in [5, 5.41) is 2.05. The highest BCUT2D eigenvalue weighted by molar-refractivity contribution is 9.09. The smallest absolute Gasteiger partial charge is 0.0700 e. The van der Waals surface area contributed by atoms with Crippen molar-refractivity contribution in [3.05, 3.63) is 0 Å². The molecule has 0 heterocycles. The van der Waals surface area contributed by atoms with Gasteiger partial charge in [-0.05, 0) is 24.2 Å². The fourth-order valence-electron chi connectivity index (χ4n) is 1.78. The Labute approximate surface area is 117 Å². The van der Waals surface area contributed by atoms with E-state index in [9.17, 15) is 0 Å². The largest absolute Gasteiger partial charge is 0.382 e. The molecule has 0 radical (unpaired) electrons. The molecule has 0 fully saturated rings.